The molecule has 18 heavy (non-hydrogen) atoms. The summed E-state index contributed by atoms with van der Waals surface area (Å²) in [6.07, 6.45) is 7.44. The zero-order chi connectivity index (χ0) is 13.4. The quantitative estimate of drug-likeness (QED) is 0.621. The fraction of sp³-hybridized carbons (Fsp3) is 0.429. The van der Waals surface area contributed by atoms with Crippen LogP contribution in [0.25, 0.3) is 6.08 Å². The van der Waals surface area contributed by atoms with Crippen molar-refractivity contribution in [3.8, 4) is 0 Å². The zero-order valence-electron chi connectivity index (χ0n) is 11.2. The maximum absolute atomic E-state index is 10.9. The summed E-state index contributed by atoms with van der Waals surface area (Å²) >= 11 is 0. The Balaban J connectivity index is 2.58. The summed E-state index contributed by atoms with van der Waals surface area (Å²) in [5.41, 5.74) is 1.89. The third kappa shape index (κ3) is 4.99. The number of pyridine rings is 1. The van der Waals surface area contributed by atoms with Gasteiger partial charge in [0.1, 0.15) is 5.82 Å². The van der Waals surface area contributed by atoms with Gasteiger partial charge in [0, 0.05) is 13.1 Å². The van der Waals surface area contributed by atoms with Crippen molar-refractivity contribution in [2.45, 2.75) is 33.6 Å². The Kier molecular flexibility index (Phi) is 5.91. The number of aromatic nitrogens is 1. The van der Waals surface area contributed by atoms with E-state index >= 15 is 0 Å². The summed E-state index contributed by atoms with van der Waals surface area (Å²) in [6, 6.07) is 1.96. The van der Waals surface area contributed by atoms with Gasteiger partial charge in [-0.25, -0.2) is 4.98 Å². The number of ether oxygens (including phenoxy) is 1. The molecule has 0 atom stereocenters. The van der Waals surface area contributed by atoms with Gasteiger partial charge in [-0.15, -0.1) is 0 Å². The minimum absolute atomic E-state index is 0.114. The fourth-order valence-electron chi connectivity index (χ4n) is 1.41. The van der Waals surface area contributed by atoms with Crippen LogP contribution in [0.4, 0.5) is 5.82 Å². The number of unbranched alkanes of at least 4 members (excludes halogenated alkanes) is 1. The van der Waals surface area contributed by atoms with Crippen LogP contribution in [-0.4, -0.2) is 17.5 Å². The number of hydrogen-bond acceptors (Lipinski definition) is 3. The van der Waals surface area contributed by atoms with Crippen molar-refractivity contribution >= 4 is 17.8 Å². The van der Waals surface area contributed by atoms with Crippen LogP contribution in [0.15, 0.2) is 18.5 Å². The molecule has 0 aliphatic carbocycles. The second-order valence-corrected chi connectivity index (χ2v) is 4.14. The highest BCUT2D eigenvalue weighted by Gasteiger charge is 2.01. The Bertz CT molecular complexity index is 428. The molecule has 0 aliphatic rings. The van der Waals surface area contributed by atoms with E-state index in [0.29, 0.717) is 5.82 Å². The van der Waals surface area contributed by atoms with E-state index < -0.39 is 0 Å². The lowest BCUT2D eigenvalue weighted by atomic mass is 10.2. The molecule has 1 rings (SSSR count). The Hall–Kier alpha value is -1.84. The molecule has 4 nitrogen and oxygen atoms in total. The Morgan fingerprint density at radius 3 is 2.94 bits per heavy atom. The van der Waals surface area contributed by atoms with E-state index in [-0.39, 0.29) is 5.91 Å². The molecule has 1 N–H and O–H groups in total. The highest BCUT2D eigenvalue weighted by Crippen LogP contribution is 2.13. The lowest BCUT2D eigenvalue weighted by molar-refractivity contribution is -0.114. The number of carbonyl (C=O) groups is 1. The second-order valence-electron chi connectivity index (χ2n) is 4.14. The van der Waals surface area contributed by atoms with E-state index in [1.807, 2.05) is 19.1 Å². The molecule has 98 valence electrons. The molecule has 1 amide bonds. The molecule has 0 fully saturated rings. The maximum atomic E-state index is 10.9. The molecule has 0 radical (unpaired) electrons. The van der Waals surface area contributed by atoms with Crippen LogP contribution in [0.1, 0.15) is 37.8 Å². The molecule has 1 aromatic rings. The van der Waals surface area contributed by atoms with Gasteiger partial charge in [0.15, 0.2) is 0 Å². The van der Waals surface area contributed by atoms with Crippen molar-refractivity contribution in [3.05, 3.63) is 29.7 Å². The Morgan fingerprint density at radius 1 is 1.56 bits per heavy atom. The predicted octanol–water partition coefficient (Wildman–Crippen LogP) is 3.14. The van der Waals surface area contributed by atoms with Gasteiger partial charge in [-0.1, -0.05) is 13.3 Å². The SMILES string of the molecule is CCCCO/C=C/c1cnc(NC(C)=O)c(C)c1. The maximum Gasteiger partial charge on any atom is 0.222 e. The van der Waals surface area contributed by atoms with Gasteiger partial charge in [0.25, 0.3) is 0 Å². The molecule has 0 saturated carbocycles. The first-order valence-corrected chi connectivity index (χ1v) is 6.16. The largest absolute Gasteiger partial charge is 0.501 e. The molecule has 4 heteroatoms. The van der Waals surface area contributed by atoms with E-state index in [1.165, 1.54) is 6.92 Å². The van der Waals surface area contributed by atoms with Crippen molar-refractivity contribution in [2.24, 2.45) is 0 Å². The molecule has 1 heterocycles. The number of hydrogen-bond donors (Lipinski definition) is 1. The predicted molar refractivity (Wildman–Crippen MR) is 73.2 cm³/mol. The number of aryl methyl sites for hydroxylation is 1. The number of carbonyl (C=O) groups excluding carboxylic acids is 1. The molecule has 0 unspecified atom stereocenters. The summed E-state index contributed by atoms with van der Waals surface area (Å²) in [5, 5.41) is 2.68. The van der Waals surface area contributed by atoms with E-state index in [1.54, 1.807) is 12.5 Å². The normalized spacial score (nSPS) is 10.6. The molecule has 0 aromatic carbocycles. The van der Waals surface area contributed by atoms with E-state index in [4.69, 9.17) is 4.74 Å². The third-order valence-corrected chi connectivity index (χ3v) is 2.37. The van der Waals surface area contributed by atoms with Gasteiger partial charge >= 0.3 is 0 Å². The van der Waals surface area contributed by atoms with Crippen LogP contribution >= 0.6 is 0 Å². The Labute approximate surface area is 108 Å². The van der Waals surface area contributed by atoms with Crippen LogP contribution in [0, 0.1) is 6.92 Å². The van der Waals surface area contributed by atoms with Crippen molar-refractivity contribution in [1.29, 1.82) is 0 Å². The topological polar surface area (TPSA) is 51.2 Å². The van der Waals surface area contributed by atoms with Gasteiger partial charge in [0.2, 0.25) is 5.91 Å². The van der Waals surface area contributed by atoms with E-state index in [2.05, 4.69) is 17.2 Å². The summed E-state index contributed by atoms with van der Waals surface area (Å²) in [7, 11) is 0. The van der Waals surface area contributed by atoms with Crippen molar-refractivity contribution in [2.75, 3.05) is 11.9 Å². The summed E-state index contributed by atoms with van der Waals surface area (Å²) in [4.78, 5) is 15.1. The smallest absolute Gasteiger partial charge is 0.222 e. The van der Waals surface area contributed by atoms with E-state index in [9.17, 15) is 4.79 Å². The zero-order valence-corrected chi connectivity index (χ0v) is 11.2. The van der Waals surface area contributed by atoms with E-state index in [0.717, 1.165) is 30.6 Å². The monoisotopic (exact) mass is 248 g/mol. The fourth-order valence-corrected chi connectivity index (χ4v) is 1.41. The summed E-state index contributed by atoms with van der Waals surface area (Å²) in [5.74, 6) is 0.489. The first kappa shape index (κ1) is 14.2. The molecule has 0 bridgehead atoms. The summed E-state index contributed by atoms with van der Waals surface area (Å²) in [6.45, 7) is 6.24. The second kappa shape index (κ2) is 7.48. The highest BCUT2D eigenvalue weighted by molar-refractivity contribution is 5.88. The Morgan fingerprint density at radius 2 is 2.33 bits per heavy atom. The van der Waals surface area contributed by atoms with Gasteiger partial charge in [-0.2, -0.15) is 0 Å². The van der Waals surface area contributed by atoms with Gasteiger partial charge in [-0.3, -0.25) is 4.79 Å². The standard InChI is InChI=1S/C14H20N2O2/c1-4-5-7-18-8-6-13-9-11(2)14(15-10-13)16-12(3)17/h6,8-10H,4-5,7H2,1-3H3,(H,15,16,17)/b8-6+. The highest BCUT2D eigenvalue weighted by atomic mass is 16.5. The lowest BCUT2D eigenvalue weighted by Crippen LogP contribution is -2.08. The first-order valence-electron chi connectivity index (χ1n) is 6.16. The summed E-state index contributed by atoms with van der Waals surface area (Å²) < 4.78 is 5.33. The number of rotatable bonds is 6. The molecular formula is C14H20N2O2. The minimum Gasteiger partial charge on any atom is -0.501 e. The molecule has 0 spiro atoms. The van der Waals surface area contributed by atoms with Crippen LogP contribution < -0.4 is 5.32 Å². The van der Waals surface area contributed by atoms with Crippen molar-refractivity contribution in [3.63, 3.8) is 0 Å². The van der Waals surface area contributed by atoms with Crippen molar-refractivity contribution in [1.82, 2.24) is 4.98 Å². The average Bonchev–Trinajstić information content (AvgIpc) is 2.32. The van der Waals surface area contributed by atoms with Gasteiger partial charge < -0.3 is 10.1 Å². The van der Waals surface area contributed by atoms with Crippen LogP contribution in [0.2, 0.25) is 0 Å². The van der Waals surface area contributed by atoms with Crippen molar-refractivity contribution < 1.29 is 9.53 Å². The number of nitrogens with one attached hydrogen (secondary N) is 1. The third-order valence-electron chi connectivity index (χ3n) is 2.37. The van der Waals surface area contributed by atoms with Gasteiger partial charge in [0.05, 0.1) is 12.9 Å². The van der Waals surface area contributed by atoms with Gasteiger partial charge in [-0.05, 0) is 36.6 Å². The minimum atomic E-state index is -0.114. The lowest BCUT2D eigenvalue weighted by Gasteiger charge is -2.05. The number of anilines is 1. The van der Waals surface area contributed by atoms with Crippen LogP contribution in [0.5, 0.6) is 0 Å². The van der Waals surface area contributed by atoms with Crippen LogP contribution in [-0.2, 0) is 9.53 Å². The molecule has 0 aliphatic heterocycles. The van der Waals surface area contributed by atoms with Crippen LogP contribution in [0.3, 0.4) is 0 Å². The molecule has 1 aromatic heterocycles. The molecule has 0 saturated heterocycles. The first-order chi connectivity index (χ1) is 8.63. The average molecular weight is 248 g/mol. The molecular weight excluding hydrogens is 228 g/mol. The number of amides is 1. The number of nitrogens with zero attached hydrogens (tertiary/aromatic N) is 1.